The SMILES string of the molecule is C=C(CCC1=C(CN2CCN(c3ccc(C(=O)NS(=O)(=O)c4ccc(NC[C@H]5CC[C@@H](C)CC5)c([N+](=O)[O-])c4)c(Oc4cnc5[nH]ccc5c4)c3)CC2)CCC2(CCC2)C1)C(F)F. The number of fused-ring (bicyclic) bond motifs is 1. The Morgan fingerprint density at radius 1 is 1.05 bits per heavy atom. The monoisotopic (exact) mass is 885 g/mol. The maximum absolute atomic E-state index is 13.9. The fraction of sp³-hybridized carbons (Fsp3) is 0.489. The number of ether oxygens (including phenoxy) is 1. The van der Waals surface area contributed by atoms with Gasteiger partial charge in [0.2, 0.25) is 0 Å². The van der Waals surface area contributed by atoms with E-state index in [9.17, 15) is 32.1 Å². The van der Waals surface area contributed by atoms with E-state index in [1.807, 2.05) is 6.07 Å². The van der Waals surface area contributed by atoms with Crippen LogP contribution in [0.5, 0.6) is 11.5 Å². The first-order valence-electron chi connectivity index (χ1n) is 22.2. The Labute approximate surface area is 367 Å². The number of aromatic amines is 1. The highest BCUT2D eigenvalue weighted by atomic mass is 32.2. The number of pyridine rings is 1. The number of carbonyl (C=O) groups is 1. The lowest BCUT2D eigenvalue weighted by Gasteiger charge is -2.47. The molecule has 13 nitrogen and oxygen atoms in total. The van der Waals surface area contributed by atoms with Crippen LogP contribution >= 0.6 is 0 Å². The molecule has 0 unspecified atom stereocenters. The number of sulfonamides is 1. The molecular formula is C47H57F2N7O6S. The van der Waals surface area contributed by atoms with Gasteiger partial charge in [-0.1, -0.05) is 43.9 Å². The number of nitro benzene ring substituents is 1. The van der Waals surface area contributed by atoms with E-state index in [1.54, 1.807) is 24.4 Å². The minimum absolute atomic E-state index is 0.00185. The second-order valence-corrected chi connectivity index (χ2v) is 19.9. The smallest absolute Gasteiger partial charge is 0.293 e. The molecule has 0 bridgehead atoms. The van der Waals surface area contributed by atoms with Crippen molar-refractivity contribution >= 4 is 44.0 Å². The molecule has 0 atom stereocenters. The van der Waals surface area contributed by atoms with Crippen molar-refractivity contribution in [3.63, 3.8) is 0 Å². The van der Waals surface area contributed by atoms with E-state index in [1.165, 1.54) is 54.8 Å². The molecule has 2 aromatic carbocycles. The zero-order valence-electron chi connectivity index (χ0n) is 35.8. The second kappa shape index (κ2) is 18.8. The lowest BCUT2D eigenvalue weighted by molar-refractivity contribution is -0.384. The summed E-state index contributed by atoms with van der Waals surface area (Å²) in [5, 5.41) is 16.1. The number of allylic oxidation sites excluding steroid dienone is 2. The number of piperazine rings is 1. The Balaban J connectivity index is 0.978. The highest BCUT2D eigenvalue weighted by Crippen LogP contribution is 2.54. The first kappa shape index (κ1) is 44.3. The van der Waals surface area contributed by atoms with E-state index < -0.39 is 37.9 Å². The average Bonchev–Trinajstić information content (AvgIpc) is 3.73. The third kappa shape index (κ3) is 10.4. The van der Waals surface area contributed by atoms with Gasteiger partial charge in [-0.25, -0.2) is 26.9 Å². The molecule has 2 aromatic heterocycles. The number of H-pyrrole nitrogens is 1. The van der Waals surface area contributed by atoms with Crippen molar-refractivity contribution < 1.29 is 31.7 Å². The van der Waals surface area contributed by atoms with E-state index in [-0.39, 0.29) is 22.6 Å². The molecule has 16 heteroatoms. The lowest BCUT2D eigenvalue weighted by atomic mass is 9.59. The third-order valence-corrected chi connectivity index (χ3v) is 15.2. The molecule has 3 N–H and O–H groups in total. The van der Waals surface area contributed by atoms with Gasteiger partial charge >= 0.3 is 0 Å². The quantitative estimate of drug-likeness (QED) is 0.0561. The van der Waals surface area contributed by atoms with Gasteiger partial charge in [-0.15, -0.1) is 0 Å². The van der Waals surface area contributed by atoms with Crippen LogP contribution in [0.15, 0.2) is 89.1 Å². The second-order valence-electron chi connectivity index (χ2n) is 18.2. The number of rotatable bonds is 16. The number of nitrogens with one attached hydrogen (secondary N) is 3. The summed E-state index contributed by atoms with van der Waals surface area (Å²) < 4.78 is 62.5. The zero-order valence-corrected chi connectivity index (χ0v) is 36.7. The summed E-state index contributed by atoms with van der Waals surface area (Å²) in [5.74, 6) is 0.507. The number of hydrogen-bond acceptors (Lipinski definition) is 10. The average molecular weight is 886 g/mol. The Hall–Kier alpha value is -5.35. The number of nitro groups is 1. The van der Waals surface area contributed by atoms with Crippen LogP contribution in [0.4, 0.5) is 25.8 Å². The normalized spacial score (nSPS) is 20.5. The summed E-state index contributed by atoms with van der Waals surface area (Å²) >= 11 is 0. The van der Waals surface area contributed by atoms with Crippen molar-refractivity contribution in [2.45, 2.75) is 95.3 Å². The maximum Gasteiger partial charge on any atom is 0.293 e. The van der Waals surface area contributed by atoms with E-state index in [4.69, 9.17) is 4.74 Å². The molecule has 1 amide bonds. The first-order chi connectivity index (χ1) is 30.2. The van der Waals surface area contributed by atoms with Gasteiger partial charge in [0.25, 0.3) is 28.0 Å². The number of alkyl halides is 2. The highest BCUT2D eigenvalue weighted by Gasteiger charge is 2.40. The summed E-state index contributed by atoms with van der Waals surface area (Å²) in [6, 6.07) is 12.2. The summed E-state index contributed by atoms with van der Waals surface area (Å²) in [4.78, 5) is 37.1. The van der Waals surface area contributed by atoms with Crippen LogP contribution in [-0.4, -0.2) is 79.8 Å². The van der Waals surface area contributed by atoms with Crippen molar-refractivity contribution in [2.75, 3.05) is 49.5 Å². The van der Waals surface area contributed by atoms with E-state index in [0.29, 0.717) is 61.1 Å². The molecule has 336 valence electrons. The zero-order chi connectivity index (χ0) is 44.3. The van der Waals surface area contributed by atoms with Crippen LogP contribution in [0.3, 0.4) is 0 Å². The predicted octanol–water partition coefficient (Wildman–Crippen LogP) is 9.99. The molecule has 0 radical (unpaired) electrons. The number of halogens is 2. The fourth-order valence-electron chi connectivity index (χ4n) is 9.76. The number of amides is 1. The summed E-state index contributed by atoms with van der Waals surface area (Å²) in [7, 11) is -4.56. The molecule has 1 saturated heterocycles. The van der Waals surface area contributed by atoms with E-state index in [0.717, 1.165) is 81.7 Å². The van der Waals surface area contributed by atoms with Crippen LogP contribution in [0.25, 0.3) is 11.0 Å². The third-order valence-electron chi connectivity index (χ3n) is 13.9. The first-order valence-corrected chi connectivity index (χ1v) is 23.7. The van der Waals surface area contributed by atoms with Crippen LogP contribution < -0.4 is 19.7 Å². The molecule has 1 spiro atoms. The predicted molar refractivity (Wildman–Crippen MR) is 240 cm³/mol. The van der Waals surface area contributed by atoms with E-state index in [2.05, 4.69) is 43.3 Å². The van der Waals surface area contributed by atoms with Gasteiger partial charge in [-0.2, -0.15) is 0 Å². The largest absolute Gasteiger partial charge is 0.455 e. The molecule has 1 aliphatic heterocycles. The highest BCUT2D eigenvalue weighted by molar-refractivity contribution is 7.90. The fourth-order valence-corrected chi connectivity index (χ4v) is 10.7. The summed E-state index contributed by atoms with van der Waals surface area (Å²) in [6.45, 7) is 10.1. The van der Waals surface area contributed by atoms with Crippen molar-refractivity contribution in [1.29, 1.82) is 0 Å². The van der Waals surface area contributed by atoms with Crippen LogP contribution in [-0.2, 0) is 10.0 Å². The van der Waals surface area contributed by atoms with Crippen molar-refractivity contribution in [3.05, 3.63) is 99.9 Å². The van der Waals surface area contributed by atoms with Gasteiger partial charge < -0.3 is 19.9 Å². The molecule has 63 heavy (non-hydrogen) atoms. The Morgan fingerprint density at radius 3 is 2.54 bits per heavy atom. The molecule has 3 aliphatic carbocycles. The van der Waals surface area contributed by atoms with E-state index >= 15 is 0 Å². The van der Waals surface area contributed by atoms with Crippen molar-refractivity contribution in [3.8, 4) is 11.5 Å². The minimum Gasteiger partial charge on any atom is -0.455 e. The Kier molecular flexibility index (Phi) is 13.2. The van der Waals surface area contributed by atoms with Gasteiger partial charge in [-0.05, 0) is 117 Å². The number of hydrogen-bond donors (Lipinski definition) is 3. The van der Waals surface area contributed by atoms with Crippen molar-refractivity contribution in [2.24, 2.45) is 17.3 Å². The molecule has 3 heterocycles. The molecule has 3 fully saturated rings. The van der Waals surface area contributed by atoms with Crippen molar-refractivity contribution in [1.82, 2.24) is 19.6 Å². The Bertz CT molecular complexity index is 2490. The number of benzene rings is 2. The number of nitrogens with zero attached hydrogens (tertiary/aromatic N) is 4. The van der Waals surface area contributed by atoms with Gasteiger partial charge in [0.1, 0.15) is 22.8 Å². The molecular weight excluding hydrogens is 829 g/mol. The topological polar surface area (TPSA) is 163 Å². The molecule has 4 aromatic rings. The number of aromatic nitrogens is 2. The van der Waals surface area contributed by atoms with Crippen LogP contribution in [0.1, 0.15) is 94.3 Å². The lowest BCUT2D eigenvalue weighted by Crippen LogP contribution is -2.47. The maximum atomic E-state index is 13.9. The minimum atomic E-state index is -4.56. The summed E-state index contributed by atoms with van der Waals surface area (Å²) in [5.41, 5.74) is 4.25. The van der Waals surface area contributed by atoms with Crippen LogP contribution in [0.2, 0.25) is 0 Å². The van der Waals surface area contributed by atoms with Gasteiger partial charge in [0.15, 0.2) is 0 Å². The number of carbonyl (C=O) groups excluding carboxylic acids is 1. The number of anilines is 2. The Morgan fingerprint density at radius 2 is 1.83 bits per heavy atom. The molecule has 2 saturated carbocycles. The summed E-state index contributed by atoms with van der Waals surface area (Å²) in [6.07, 6.45) is 12.8. The van der Waals surface area contributed by atoms with Crippen LogP contribution in [0, 0.1) is 27.4 Å². The van der Waals surface area contributed by atoms with Gasteiger partial charge in [-0.3, -0.25) is 19.8 Å². The molecule has 4 aliphatic rings. The van der Waals surface area contributed by atoms with Gasteiger partial charge in [0, 0.05) is 68.7 Å². The van der Waals surface area contributed by atoms with Gasteiger partial charge in [0.05, 0.1) is 21.6 Å². The molecule has 8 rings (SSSR count). The standard InChI is InChI=1S/C47H57F2N7O6S/c1-31-4-7-33(8-5-31)28-51-41-13-11-39(26-42(41)56(58)59)63(60,61)53-46(57)40-12-10-37(25-43(40)62-38-24-34-15-19-50-45(34)52-29-38)55-22-20-54(21-23-55)30-36-14-18-47(16-3-17-47)27-35(36)9-6-32(2)44(48)49/h10-13,15,19,24-26,29,31,33,44,51H,2-9,14,16-18,20-23,27-28,30H2,1H3,(H,50,52)(H,53,57)/t31-,33+.